The fraction of sp³-hybridized carbons (Fsp3) is 0.680. The Morgan fingerprint density at radius 1 is 0.967 bits per heavy atom. The lowest BCUT2D eigenvalue weighted by Gasteiger charge is -2.34. The SMILES string of the molecule is CCC(C)(C)NC(Cc1ccccc1)C(=O)NC(CCCN)C(=O)C(C)(CC)CC. The Bertz CT molecular complexity index is 654. The molecule has 0 aliphatic rings. The van der Waals surface area contributed by atoms with Gasteiger partial charge in [-0.2, -0.15) is 0 Å². The molecule has 1 amide bonds. The van der Waals surface area contributed by atoms with Crippen LogP contribution in [0, 0.1) is 5.41 Å². The van der Waals surface area contributed by atoms with Crippen molar-refractivity contribution >= 4 is 11.7 Å². The predicted molar refractivity (Wildman–Crippen MR) is 125 cm³/mol. The summed E-state index contributed by atoms with van der Waals surface area (Å²) in [5.41, 5.74) is 6.18. The summed E-state index contributed by atoms with van der Waals surface area (Å²) in [5.74, 6) is -0.00665. The van der Waals surface area contributed by atoms with Crippen molar-refractivity contribution < 1.29 is 9.59 Å². The molecule has 170 valence electrons. The molecule has 2 unspecified atom stereocenters. The summed E-state index contributed by atoms with van der Waals surface area (Å²) in [6, 6.07) is 9.08. The Morgan fingerprint density at radius 2 is 1.57 bits per heavy atom. The van der Waals surface area contributed by atoms with E-state index in [4.69, 9.17) is 5.73 Å². The van der Waals surface area contributed by atoms with Crippen molar-refractivity contribution in [1.82, 2.24) is 10.6 Å². The van der Waals surface area contributed by atoms with Crippen molar-refractivity contribution in [3.63, 3.8) is 0 Å². The third-order valence-corrected chi connectivity index (χ3v) is 6.53. The van der Waals surface area contributed by atoms with Crippen molar-refractivity contribution in [2.75, 3.05) is 6.54 Å². The second kappa shape index (κ2) is 12.2. The van der Waals surface area contributed by atoms with E-state index in [1.807, 2.05) is 51.1 Å². The van der Waals surface area contributed by atoms with Crippen LogP contribution in [-0.4, -0.2) is 35.9 Å². The molecule has 0 aliphatic carbocycles. The van der Waals surface area contributed by atoms with Gasteiger partial charge in [0.2, 0.25) is 5.91 Å². The summed E-state index contributed by atoms with van der Waals surface area (Å²) >= 11 is 0. The number of Topliss-reactive ketones (excluding diaryl/α,β-unsaturated/α-hetero) is 1. The highest BCUT2D eigenvalue weighted by Crippen LogP contribution is 2.29. The smallest absolute Gasteiger partial charge is 0.238 e. The second-order valence-electron chi connectivity index (χ2n) is 9.25. The summed E-state index contributed by atoms with van der Waals surface area (Å²) in [5, 5.41) is 6.60. The van der Waals surface area contributed by atoms with E-state index >= 15 is 0 Å². The molecular weight excluding hydrogens is 374 g/mol. The molecule has 1 aromatic carbocycles. The van der Waals surface area contributed by atoms with Crippen LogP contribution < -0.4 is 16.4 Å². The first-order chi connectivity index (χ1) is 14.1. The van der Waals surface area contributed by atoms with E-state index in [1.165, 1.54) is 0 Å². The van der Waals surface area contributed by atoms with Gasteiger partial charge in [-0.1, -0.05) is 58.0 Å². The molecule has 0 radical (unpaired) electrons. The Hall–Kier alpha value is -1.72. The fourth-order valence-corrected chi connectivity index (χ4v) is 3.51. The number of carbonyl (C=O) groups is 2. The van der Waals surface area contributed by atoms with Crippen molar-refractivity contribution in [2.45, 2.75) is 97.7 Å². The van der Waals surface area contributed by atoms with Gasteiger partial charge in [0.25, 0.3) is 0 Å². The normalized spacial score (nSPS) is 14.2. The maximum atomic E-state index is 13.4. The maximum Gasteiger partial charge on any atom is 0.238 e. The molecule has 0 aliphatic heterocycles. The van der Waals surface area contributed by atoms with E-state index in [1.54, 1.807) is 0 Å². The average Bonchev–Trinajstić information content (AvgIpc) is 2.75. The Balaban J connectivity index is 3.09. The average molecular weight is 418 g/mol. The molecule has 1 aromatic rings. The second-order valence-corrected chi connectivity index (χ2v) is 9.25. The molecule has 30 heavy (non-hydrogen) atoms. The van der Waals surface area contributed by atoms with E-state index in [-0.39, 0.29) is 17.2 Å². The number of hydrogen-bond donors (Lipinski definition) is 3. The lowest BCUT2D eigenvalue weighted by atomic mass is 9.76. The number of nitrogens with one attached hydrogen (secondary N) is 2. The third-order valence-electron chi connectivity index (χ3n) is 6.53. The number of amides is 1. The number of hydrogen-bond acceptors (Lipinski definition) is 4. The van der Waals surface area contributed by atoms with Gasteiger partial charge in [-0.25, -0.2) is 0 Å². The lowest BCUT2D eigenvalue weighted by Crippen LogP contribution is -2.57. The highest BCUT2D eigenvalue weighted by atomic mass is 16.2. The fourth-order valence-electron chi connectivity index (χ4n) is 3.51. The molecule has 2 atom stereocenters. The summed E-state index contributed by atoms with van der Waals surface area (Å²) < 4.78 is 0. The zero-order chi connectivity index (χ0) is 22.8. The summed E-state index contributed by atoms with van der Waals surface area (Å²) in [7, 11) is 0. The van der Waals surface area contributed by atoms with Gasteiger partial charge in [0.15, 0.2) is 5.78 Å². The van der Waals surface area contributed by atoms with Gasteiger partial charge < -0.3 is 16.4 Å². The quantitative estimate of drug-likeness (QED) is 0.427. The highest BCUT2D eigenvalue weighted by molar-refractivity contribution is 5.94. The summed E-state index contributed by atoms with van der Waals surface area (Å²) in [4.78, 5) is 26.7. The van der Waals surface area contributed by atoms with E-state index < -0.39 is 17.5 Å². The van der Waals surface area contributed by atoms with Crippen molar-refractivity contribution in [3.05, 3.63) is 35.9 Å². The number of ketones is 1. The first kappa shape index (κ1) is 26.3. The van der Waals surface area contributed by atoms with Crippen LogP contribution in [0.4, 0.5) is 0 Å². The van der Waals surface area contributed by atoms with Crippen molar-refractivity contribution in [3.8, 4) is 0 Å². The molecular formula is C25H43N3O2. The Kier molecular flexibility index (Phi) is 10.7. The van der Waals surface area contributed by atoms with Gasteiger partial charge in [-0.3, -0.25) is 9.59 Å². The van der Waals surface area contributed by atoms with Crippen LogP contribution in [0.15, 0.2) is 30.3 Å². The highest BCUT2D eigenvalue weighted by Gasteiger charge is 2.36. The number of carbonyl (C=O) groups excluding carboxylic acids is 2. The Labute approximate surface area is 183 Å². The monoisotopic (exact) mass is 417 g/mol. The molecule has 0 fully saturated rings. The minimum Gasteiger partial charge on any atom is -0.345 e. The lowest BCUT2D eigenvalue weighted by molar-refractivity contribution is -0.135. The van der Waals surface area contributed by atoms with Crippen molar-refractivity contribution in [1.29, 1.82) is 0 Å². The minimum atomic E-state index is -0.504. The molecule has 0 saturated heterocycles. The van der Waals surface area contributed by atoms with Gasteiger partial charge in [-0.15, -0.1) is 0 Å². The molecule has 5 heteroatoms. The molecule has 0 bridgehead atoms. The molecule has 0 spiro atoms. The summed E-state index contributed by atoms with van der Waals surface area (Å²) in [6.45, 7) is 12.9. The maximum absolute atomic E-state index is 13.4. The molecule has 1 rings (SSSR count). The van der Waals surface area contributed by atoms with Crippen molar-refractivity contribution in [2.24, 2.45) is 11.1 Å². The van der Waals surface area contributed by atoms with Crippen LogP contribution >= 0.6 is 0 Å². The molecule has 4 N–H and O–H groups in total. The zero-order valence-corrected chi connectivity index (χ0v) is 19.9. The van der Waals surface area contributed by atoms with Gasteiger partial charge >= 0.3 is 0 Å². The van der Waals surface area contributed by atoms with Crippen LogP contribution in [-0.2, 0) is 16.0 Å². The minimum absolute atomic E-state index is 0.113. The van der Waals surface area contributed by atoms with E-state index in [0.717, 1.165) is 24.8 Å². The number of benzene rings is 1. The first-order valence-corrected chi connectivity index (χ1v) is 11.5. The van der Waals surface area contributed by atoms with Crippen LogP contribution in [0.3, 0.4) is 0 Å². The van der Waals surface area contributed by atoms with Gasteiger partial charge in [0.05, 0.1) is 12.1 Å². The van der Waals surface area contributed by atoms with Crippen LogP contribution in [0.2, 0.25) is 0 Å². The molecule has 0 saturated carbocycles. The van der Waals surface area contributed by atoms with Crippen LogP contribution in [0.5, 0.6) is 0 Å². The van der Waals surface area contributed by atoms with E-state index in [2.05, 4.69) is 31.4 Å². The molecule has 0 aromatic heterocycles. The first-order valence-electron chi connectivity index (χ1n) is 11.5. The molecule has 5 nitrogen and oxygen atoms in total. The van der Waals surface area contributed by atoms with Gasteiger partial charge in [-0.05, 0) is 64.5 Å². The van der Waals surface area contributed by atoms with Gasteiger partial charge in [0.1, 0.15) is 0 Å². The van der Waals surface area contributed by atoms with E-state index in [9.17, 15) is 9.59 Å². The topological polar surface area (TPSA) is 84.2 Å². The number of rotatable bonds is 14. The van der Waals surface area contributed by atoms with Gasteiger partial charge in [0, 0.05) is 11.0 Å². The van der Waals surface area contributed by atoms with Crippen LogP contribution in [0.1, 0.15) is 79.2 Å². The largest absolute Gasteiger partial charge is 0.345 e. The standard InChI is InChI=1S/C25H43N3O2/c1-7-24(4,5)28-21(18-19-14-11-10-12-15-19)23(30)27-20(16-13-17-26)22(29)25(6,8-2)9-3/h10-12,14-15,20-21,28H,7-9,13,16-18,26H2,1-6H3,(H,27,30). The van der Waals surface area contributed by atoms with Crippen LogP contribution in [0.25, 0.3) is 0 Å². The predicted octanol–water partition coefficient (Wildman–Crippen LogP) is 4.00. The van der Waals surface area contributed by atoms with E-state index in [0.29, 0.717) is 25.8 Å². The number of nitrogens with two attached hydrogens (primary N) is 1. The third kappa shape index (κ3) is 7.84. The molecule has 0 heterocycles. The summed E-state index contributed by atoms with van der Waals surface area (Å²) in [6.07, 6.45) is 4.26. The zero-order valence-electron chi connectivity index (χ0n) is 19.9. The Morgan fingerprint density at radius 3 is 2.07 bits per heavy atom.